The molecule has 172 valence electrons. The van der Waals surface area contributed by atoms with Crippen LogP contribution in [0.5, 0.6) is 0 Å². The van der Waals surface area contributed by atoms with Crippen molar-refractivity contribution in [2.45, 2.75) is 24.9 Å². The zero-order valence-electron chi connectivity index (χ0n) is 17.7. The van der Waals surface area contributed by atoms with E-state index in [0.29, 0.717) is 37.1 Å². The summed E-state index contributed by atoms with van der Waals surface area (Å²) >= 11 is 0. The summed E-state index contributed by atoms with van der Waals surface area (Å²) < 4.78 is 46.5. The quantitative estimate of drug-likeness (QED) is 0.558. The molecule has 3 aromatic rings. The fourth-order valence-corrected chi connectivity index (χ4v) is 5.25. The van der Waals surface area contributed by atoms with Gasteiger partial charge in [0.05, 0.1) is 18.2 Å². The zero-order chi connectivity index (χ0) is 23.3. The zero-order valence-corrected chi connectivity index (χ0v) is 17.7. The van der Waals surface area contributed by atoms with Crippen molar-refractivity contribution in [1.82, 2.24) is 19.5 Å². The van der Waals surface area contributed by atoms with Gasteiger partial charge in [-0.2, -0.15) is 13.2 Å². The smallest absolute Gasteiger partial charge is 0.416 e. The number of halogens is 3. The van der Waals surface area contributed by atoms with Gasteiger partial charge in [0.25, 0.3) is 5.91 Å². The van der Waals surface area contributed by atoms with Crippen LogP contribution in [0.15, 0.2) is 42.6 Å². The van der Waals surface area contributed by atoms with E-state index in [0.717, 1.165) is 6.07 Å². The van der Waals surface area contributed by atoms with E-state index >= 15 is 0 Å². The molecule has 0 spiro atoms. The third-order valence-electron chi connectivity index (χ3n) is 6.76. The lowest BCUT2D eigenvalue weighted by atomic mass is 9.91. The van der Waals surface area contributed by atoms with Crippen LogP contribution in [0.2, 0.25) is 0 Å². The number of rotatable bonds is 3. The molecule has 10 heteroatoms. The van der Waals surface area contributed by atoms with Crippen LogP contribution in [0, 0.1) is 11.8 Å². The van der Waals surface area contributed by atoms with Crippen molar-refractivity contribution in [2.24, 2.45) is 11.8 Å². The van der Waals surface area contributed by atoms with Crippen LogP contribution < -0.4 is 0 Å². The standard InChI is InChI=1S/C23H21F3N4O3/c1-33-22(32)13-6-7-19-27-28-20(30(19)12-13)21(31)29-10-15-8-14(9-16(15)11-29)17-4-2-3-5-18(17)23(24,25)26/h2-7,12,14-16H,8-11H2,1H3/t14-,15-,16+. The molecule has 3 atom stereocenters. The first-order valence-corrected chi connectivity index (χ1v) is 10.6. The first-order valence-electron chi connectivity index (χ1n) is 10.6. The maximum Gasteiger partial charge on any atom is 0.416 e. The summed E-state index contributed by atoms with van der Waals surface area (Å²) in [4.78, 5) is 26.7. The predicted molar refractivity (Wildman–Crippen MR) is 111 cm³/mol. The highest BCUT2D eigenvalue weighted by Crippen LogP contribution is 2.49. The number of carbonyl (C=O) groups excluding carboxylic acids is 2. The van der Waals surface area contributed by atoms with Crippen LogP contribution in [0.4, 0.5) is 13.2 Å². The number of esters is 1. The molecule has 7 nitrogen and oxygen atoms in total. The fourth-order valence-electron chi connectivity index (χ4n) is 5.25. The van der Waals surface area contributed by atoms with E-state index < -0.39 is 17.7 Å². The van der Waals surface area contributed by atoms with Gasteiger partial charge in [-0.15, -0.1) is 10.2 Å². The first kappa shape index (κ1) is 21.4. The van der Waals surface area contributed by atoms with Gasteiger partial charge in [0, 0.05) is 19.3 Å². The number of hydrogen-bond donors (Lipinski definition) is 0. The first-order chi connectivity index (χ1) is 15.8. The molecule has 0 bridgehead atoms. The number of fused-ring (bicyclic) bond motifs is 2. The number of likely N-dealkylation sites (tertiary alicyclic amines) is 1. The van der Waals surface area contributed by atoms with Gasteiger partial charge in [0.2, 0.25) is 5.82 Å². The lowest BCUT2D eigenvalue weighted by molar-refractivity contribution is -0.138. The van der Waals surface area contributed by atoms with E-state index in [-0.39, 0.29) is 35.0 Å². The minimum absolute atomic E-state index is 0.0923. The summed E-state index contributed by atoms with van der Waals surface area (Å²) in [5, 5.41) is 8.01. The minimum Gasteiger partial charge on any atom is -0.465 e. The molecule has 2 aliphatic rings. The Balaban J connectivity index is 1.33. The third-order valence-corrected chi connectivity index (χ3v) is 6.76. The molecule has 1 aliphatic carbocycles. The summed E-state index contributed by atoms with van der Waals surface area (Å²) in [6.45, 7) is 0.916. The number of alkyl halides is 3. The van der Waals surface area contributed by atoms with E-state index in [1.54, 1.807) is 29.2 Å². The Morgan fingerprint density at radius 1 is 1.03 bits per heavy atom. The Morgan fingerprint density at radius 3 is 2.39 bits per heavy atom. The molecule has 3 heterocycles. The largest absolute Gasteiger partial charge is 0.465 e. The van der Waals surface area contributed by atoms with Crippen molar-refractivity contribution >= 4 is 17.5 Å². The number of benzene rings is 1. The molecular formula is C23H21F3N4O3. The highest BCUT2D eigenvalue weighted by atomic mass is 19.4. The SMILES string of the molecule is COC(=O)c1ccc2nnc(C(=O)N3C[C@H]4C[C@@H](c5ccccc5C(F)(F)F)C[C@H]4C3)n2c1. The Hall–Kier alpha value is -3.43. The van der Waals surface area contributed by atoms with Gasteiger partial charge in [-0.1, -0.05) is 18.2 Å². The third kappa shape index (κ3) is 3.73. The highest BCUT2D eigenvalue weighted by Gasteiger charge is 2.45. The summed E-state index contributed by atoms with van der Waals surface area (Å²) in [6.07, 6.45) is -1.70. The van der Waals surface area contributed by atoms with Crippen LogP contribution >= 0.6 is 0 Å². The minimum atomic E-state index is -4.38. The molecule has 1 aromatic carbocycles. The average Bonchev–Trinajstić information content (AvgIpc) is 3.50. The number of aromatic nitrogens is 3. The van der Waals surface area contributed by atoms with Gasteiger partial charge < -0.3 is 9.64 Å². The molecule has 33 heavy (non-hydrogen) atoms. The number of amides is 1. The van der Waals surface area contributed by atoms with E-state index in [1.165, 1.54) is 23.8 Å². The maximum absolute atomic E-state index is 13.4. The van der Waals surface area contributed by atoms with Crippen LogP contribution in [0.25, 0.3) is 5.65 Å². The van der Waals surface area contributed by atoms with Gasteiger partial charge in [-0.3, -0.25) is 9.20 Å². The molecule has 1 amide bonds. The van der Waals surface area contributed by atoms with Crippen molar-refractivity contribution in [3.05, 3.63) is 65.1 Å². The number of pyridine rings is 1. The van der Waals surface area contributed by atoms with Crippen molar-refractivity contribution in [3.63, 3.8) is 0 Å². The fraction of sp³-hybridized carbons (Fsp3) is 0.391. The van der Waals surface area contributed by atoms with Gasteiger partial charge in [0.15, 0.2) is 5.65 Å². The van der Waals surface area contributed by atoms with E-state index in [2.05, 4.69) is 10.2 Å². The topological polar surface area (TPSA) is 76.8 Å². The molecule has 0 radical (unpaired) electrons. The molecule has 2 fully saturated rings. The molecule has 2 aromatic heterocycles. The average molecular weight is 458 g/mol. The van der Waals surface area contributed by atoms with Gasteiger partial charge in [-0.25, -0.2) is 4.79 Å². The lowest BCUT2D eigenvalue weighted by Crippen LogP contribution is -2.31. The second-order valence-electron chi connectivity index (χ2n) is 8.64. The molecular weight excluding hydrogens is 437 g/mol. The summed E-state index contributed by atoms with van der Waals surface area (Å²) in [6, 6.07) is 8.89. The summed E-state index contributed by atoms with van der Waals surface area (Å²) in [5.74, 6) is -0.674. The number of ether oxygens (including phenoxy) is 1. The van der Waals surface area contributed by atoms with Crippen LogP contribution in [-0.2, 0) is 10.9 Å². The Kier molecular flexibility index (Phi) is 5.10. The molecule has 1 saturated heterocycles. The molecule has 1 aliphatic heterocycles. The second kappa shape index (κ2) is 7.86. The van der Waals surface area contributed by atoms with Crippen molar-refractivity contribution in [1.29, 1.82) is 0 Å². The van der Waals surface area contributed by atoms with Crippen molar-refractivity contribution < 1.29 is 27.5 Å². The van der Waals surface area contributed by atoms with Gasteiger partial charge >= 0.3 is 12.1 Å². The molecule has 0 unspecified atom stereocenters. The number of methoxy groups -OCH3 is 1. The molecule has 5 rings (SSSR count). The van der Waals surface area contributed by atoms with Crippen molar-refractivity contribution in [3.8, 4) is 0 Å². The lowest BCUT2D eigenvalue weighted by Gasteiger charge is -2.21. The van der Waals surface area contributed by atoms with Crippen LogP contribution in [0.1, 0.15) is 50.9 Å². The Bertz CT molecular complexity index is 1230. The Labute approximate surface area is 187 Å². The van der Waals surface area contributed by atoms with Crippen molar-refractivity contribution in [2.75, 3.05) is 20.2 Å². The van der Waals surface area contributed by atoms with E-state index in [1.807, 2.05) is 0 Å². The van der Waals surface area contributed by atoms with Gasteiger partial charge in [-0.05, 0) is 54.4 Å². The van der Waals surface area contributed by atoms with E-state index in [9.17, 15) is 22.8 Å². The van der Waals surface area contributed by atoms with E-state index in [4.69, 9.17) is 4.74 Å². The highest BCUT2D eigenvalue weighted by molar-refractivity contribution is 5.93. The maximum atomic E-state index is 13.4. The van der Waals surface area contributed by atoms with Gasteiger partial charge in [0.1, 0.15) is 0 Å². The second-order valence-corrected chi connectivity index (χ2v) is 8.64. The number of hydrogen-bond acceptors (Lipinski definition) is 5. The van der Waals surface area contributed by atoms with Crippen LogP contribution in [0.3, 0.4) is 0 Å². The Morgan fingerprint density at radius 2 is 1.73 bits per heavy atom. The number of carbonyl (C=O) groups is 2. The summed E-state index contributed by atoms with van der Waals surface area (Å²) in [5.41, 5.74) is 0.466. The predicted octanol–water partition coefficient (Wildman–Crippen LogP) is 3.80. The monoisotopic (exact) mass is 458 g/mol. The number of nitrogens with zero attached hydrogens (tertiary/aromatic N) is 4. The van der Waals surface area contributed by atoms with Crippen LogP contribution in [-0.4, -0.2) is 51.6 Å². The summed E-state index contributed by atoms with van der Waals surface area (Å²) in [7, 11) is 1.27. The molecule has 0 N–H and O–H groups in total. The normalized spacial score (nSPS) is 22.5. The molecule has 1 saturated carbocycles.